The number of hydrogen-bond acceptors (Lipinski definition) is 2. The van der Waals surface area contributed by atoms with Crippen molar-refractivity contribution in [1.29, 1.82) is 0 Å². The van der Waals surface area contributed by atoms with Gasteiger partial charge in [0.25, 0.3) is 5.91 Å². The van der Waals surface area contributed by atoms with Crippen LogP contribution in [0.5, 0.6) is 0 Å². The zero-order valence-electron chi connectivity index (χ0n) is 8.67. The van der Waals surface area contributed by atoms with E-state index in [0.29, 0.717) is 23.6 Å². The second-order valence-electron chi connectivity index (χ2n) is 3.32. The molecule has 0 fully saturated rings. The molecule has 0 heterocycles. The van der Waals surface area contributed by atoms with E-state index in [-0.39, 0.29) is 12.5 Å². The van der Waals surface area contributed by atoms with Crippen molar-refractivity contribution in [2.45, 2.75) is 12.8 Å². The lowest BCUT2D eigenvalue weighted by molar-refractivity contribution is 0.0952. The largest absolute Gasteiger partial charge is 0.396 e. The van der Waals surface area contributed by atoms with Crippen LogP contribution < -0.4 is 5.32 Å². The van der Waals surface area contributed by atoms with Gasteiger partial charge in [-0.25, -0.2) is 0 Å². The zero-order chi connectivity index (χ0) is 12.0. The van der Waals surface area contributed by atoms with Gasteiger partial charge in [-0.2, -0.15) is 0 Å². The van der Waals surface area contributed by atoms with Gasteiger partial charge in [-0.3, -0.25) is 4.79 Å². The summed E-state index contributed by atoms with van der Waals surface area (Å²) in [4.78, 5) is 11.6. The summed E-state index contributed by atoms with van der Waals surface area (Å²) in [6, 6.07) is 5.21. The average Bonchev–Trinajstić information content (AvgIpc) is 2.28. The van der Waals surface area contributed by atoms with Crippen molar-refractivity contribution in [2.75, 3.05) is 13.2 Å². The first kappa shape index (κ1) is 13.7. The van der Waals surface area contributed by atoms with Crippen molar-refractivity contribution >= 4 is 40.1 Å². The van der Waals surface area contributed by atoms with Gasteiger partial charge in [0, 0.05) is 22.3 Å². The van der Waals surface area contributed by atoms with Crippen LogP contribution in [0, 0.1) is 3.57 Å². The second-order valence-corrected chi connectivity index (χ2v) is 4.88. The maximum Gasteiger partial charge on any atom is 0.251 e. The second kappa shape index (κ2) is 7.09. The predicted octanol–water partition coefficient (Wildman–Crippen LogP) is 2.45. The third-order valence-corrected chi connectivity index (χ3v) is 3.62. The lowest BCUT2D eigenvalue weighted by atomic mass is 10.2. The number of carbonyl (C=O) groups excluding carboxylic acids is 1. The molecule has 0 atom stereocenters. The number of nitrogens with one attached hydrogen (secondary N) is 1. The molecule has 0 aromatic heterocycles. The highest BCUT2D eigenvalue weighted by atomic mass is 127. The van der Waals surface area contributed by atoms with Gasteiger partial charge >= 0.3 is 0 Å². The molecule has 1 rings (SSSR count). The fourth-order valence-electron chi connectivity index (χ4n) is 1.18. The van der Waals surface area contributed by atoms with Gasteiger partial charge in [-0.15, -0.1) is 0 Å². The summed E-state index contributed by atoms with van der Waals surface area (Å²) >= 11 is 8.03. The fraction of sp³-hybridized carbons (Fsp3) is 0.364. The first-order chi connectivity index (χ1) is 7.65. The van der Waals surface area contributed by atoms with E-state index < -0.39 is 0 Å². The molecule has 0 aliphatic rings. The number of aliphatic hydroxyl groups excluding tert-OH is 1. The molecular weight excluding hydrogens is 340 g/mol. The Bertz CT molecular complexity index is 371. The molecule has 1 aromatic rings. The smallest absolute Gasteiger partial charge is 0.251 e. The summed E-state index contributed by atoms with van der Waals surface area (Å²) in [7, 11) is 0. The maximum atomic E-state index is 11.6. The van der Waals surface area contributed by atoms with E-state index in [9.17, 15) is 4.79 Å². The summed E-state index contributed by atoms with van der Waals surface area (Å²) in [5, 5.41) is 11.9. The van der Waals surface area contributed by atoms with Crippen molar-refractivity contribution in [3.05, 3.63) is 32.4 Å². The highest BCUT2D eigenvalue weighted by Crippen LogP contribution is 2.19. The van der Waals surface area contributed by atoms with Gasteiger partial charge in [-0.1, -0.05) is 11.6 Å². The van der Waals surface area contributed by atoms with E-state index in [1.54, 1.807) is 12.1 Å². The van der Waals surface area contributed by atoms with E-state index in [2.05, 4.69) is 27.9 Å². The molecule has 0 bridgehead atoms. The van der Waals surface area contributed by atoms with Crippen molar-refractivity contribution in [3.8, 4) is 0 Å². The van der Waals surface area contributed by atoms with Crippen molar-refractivity contribution in [1.82, 2.24) is 5.32 Å². The molecule has 1 aromatic carbocycles. The lowest BCUT2D eigenvalue weighted by Crippen LogP contribution is -2.24. The summed E-state index contributed by atoms with van der Waals surface area (Å²) in [5.41, 5.74) is 0.564. The molecule has 3 nitrogen and oxygen atoms in total. The summed E-state index contributed by atoms with van der Waals surface area (Å²) in [6.07, 6.45) is 1.48. The quantitative estimate of drug-likeness (QED) is 0.631. The number of rotatable bonds is 5. The number of hydrogen-bond donors (Lipinski definition) is 2. The van der Waals surface area contributed by atoms with Crippen LogP contribution in [0.3, 0.4) is 0 Å². The minimum absolute atomic E-state index is 0.128. The predicted molar refractivity (Wildman–Crippen MR) is 72.8 cm³/mol. The fourth-order valence-corrected chi connectivity index (χ4v) is 1.69. The van der Waals surface area contributed by atoms with Crippen molar-refractivity contribution in [2.24, 2.45) is 0 Å². The van der Waals surface area contributed by atoms with Gasteiger partial charge in [0.15, 0.2) is 0 Å². The molecule has 0 spiro atoms. The van der Waals surface area contributed by atoms with Gasteiger partial charge in [0.2, 0.25) is 0 Å². The number of halogens is 2. The van der Waals surface area contributed by atoms with Crippen LogP contribution in [-0.2, 0) is 0 Å². The van der Waals surface area contributed by atoms with Crippen molar-refractivity contribution < 1.29 is 9.90 Å². The molecule has 1 amide bonds. The van der Waals surface area contributed by atoms with Crippen LogP contribution in [0.2, 0.25) is 5.02 Å². The van der Waals surface area contributed by atoms with Crippen LogP contribution >= 0.6 is 34.2 Å². The Morgan fingerprint density at radius 2 is 2.19 bits per heavy atom. The minimum atomic E-state index is -0.128. The summed E-state index contributed by atoms with van der Waals surface area (Å²) in [5.74, 6) is -0.128. The molecule has 0 aliphatic carbocycles. The third-order valence-electron chi connectivity index (χ3n) is 2.05. The first-order valence-electron chi connectivity index (χ1n) is 4.99. The summed E-state index contributed by atoms with van der Waals surface area (Å²) < 4.78 is 0.927. The first-order valence-corrected chi connectivity index (χ1v) is 6.45. The Kier molecular flexibility index (Phi) is 6.08. The van der Waals surface area contributed by atoms with E-state index in [1.807, 2.05) is 6.07 Å². The lowest BCUT2D eigenvalue weighted by Gasteiger charge is -2.05. The molecule has 16 heavy (non-hydrogen) atoms. The average molecular weight is 354 g/mol. The van der Waals surface area contributed by atoms with Gasteiger partial charge < -0.3 is 10.4 Å². The normalized spacial score (nSPS) is 10.2. The molecule has 0 radical (unpaired) electrons. The Morgan fingerprint density at radius 3 is 2.81 bits per heavy atom. The van der Waals surface area contributed by atoms with Gasteiger partial charge in [-0.05, 0) is 53.6 Å². The van der Waals surface area contributed by atoms with E-state index >= 15 is 0 Å². The van der Waals surface area contributed by atoms with E-state index in [0.717, 1.165) is 9.99 Å². The van der Waals surface area contributed by atoms with Crippen LogP contribution in [0.4, 0.5) is 0 Å². The number of carbonyl (C=O) groups is 1. The van der Waals surface area contributed by atoms with Gasteiger partial charge in [0.1, 0.15) is 0 Å². The monoisotopic (exact) mass is 353 g/mol. The molecule has 88 valence electrons. The van der Waals surface area contributed by atoms with Crippen molar-refractivity contribution in [3.63, 3.8) is 0 Å². The number of benzene rings is 1. The molecule has 0 aliphatic heterocycles. The Balaban J connectivity index is 2.50. The molecule has 2 N–H and O–H groups in total. The summed E-state index contributed by atoms with van der Waals surface area (Å²) in [6.45, 7) is 0.730. The molecule has 0 unspecified atom stereocenters. The molecule has 5 heteroatoms. The maximum absolute atomic E-state index is 11.6. The molecular formula is C11H13ClINO2. The van der Waals surface area contributed by atoms with E-state index in [4.69, 9.17) is 16.7 Å². The number of unbranched alkanes of at least 4 members (excludes halogenated alkanes) is 1. The van der Waals surface area contributed by atoms with Crippen LogP contribution in [0.1, 0.15) is 23.2 Å². The Hall–Kier alpha value is -0.330. The highest BCUT2D eigenvalue weighted by molar-refractivity contribution is 14.1. The Labute approximate surface area is 113 Å². The van der Waals surface area contributed by atoms with Crippen LogP contribution in [0.25, 0.3) is 0 Å². The van der Waals surface area contributed by atoms with Crippen LogP contribution in [0.15, 0.2) is 18.2 Å². The topological polar surface area (TPSA) is 49.3 Å². The molecule has 0 saturated heterocycles. The molecule has 0 saturated carbocycles. The zero-order valence-corrected chi connectivity index (χ0v) is 11.6. The SMILES string of the molecule is O=C(NCCCCO)c1ccc(I)c(Cl)c1. The number of amides is 1. The van der Waals surface area contributed by atoms with Gasteiger partial charge in [0.05, 0.1) is 5.02 Å². The minimum Gasteiger partial charge on any atom is -0.396 e. The number of aliphatic hydroxyl groups is 1. The third kappa shape index (κ3) is 4.27. The highest BCUT2D eigenvalue weighted by Gasteiger charge is 2.06. The Morgan fingerprint density at radius 1 is 1.44 bits per heavy atom. The van der Waals surface area contributed by atoms with E-state index in [1.165, 1.54) is 0 Å². The van der Waals surface area contributed by atoms with Crippen LogP contribution in [-0.4, -0.2) is 24.2 Å². The standard InChI is InChI=1S/C11H13ClINO2/c12-9-7-8(3-4-10(9)13)11(16)14-5-1-2-6-15/h3-4,7,15H,1-2,5-6H2,(H,14,16).